The molecule has 0 aromatic heterocycles. The first-order chi connectivity index (χ1) is 9.24. The van der Waals surface area contributed by atoms with Crippen molar-refractivity contribution in [3.63, 3.8) is 0 Å². The molecule has 0 saturated heterocycles. The summed E-state index contributed by atoms with van der Waals surface area (Å²) >= 11 is 0. The highest BCUT2D eigenvalue weighted by Gasteiger charge is 2.26. The second-order valence-corrected chi connectivity index (χ2v) is 5.92. The van der Waals surface area contributed by atoms with Gasteiger partial charge in [0, 0.05) is 6.04 Å². The van der Waals surface area contributed by atoms with Crippen LogP contribution in [0.25, 0.3) is 0 Å². The summed E-state index contributed by atoms with van der Waals surface area (Å²) in [5.41, 5.74) is 7.96. The average Bonchev–Trinajstić information content (AvgIpc) is 3.13. The molecule has 2 saturated carbocycles. The lowest BCUT2D eigenvalue weighted by atomic mass is 10.0. The fourth-order valence-corrected chi connectivity index (χ4v) is 3.05. The molecule has 1 aromatic rings. The second kappa shape index (κ2) is 5.33. The Morgan fingerprint density at radius 3 is 2.26 bits per heavy atom. The maximum atomic E-state index is 11.7. The van der Waals surface area contributed by atoms with E-state index in [1.807, 2.05) is 0 Å². The Morgan fingerprint density at radius 1 is 1.11 bits per heavy atom. The normalized spacial score (nSPS) is 21.5. The van der Waals surface area contributed by atoms with Crippen molar-refractivity contribution >= 4 is 5.91 Å². The summed E-state index contributed by atoms with van der Waals surface area (Å²) < 4.78 is 0. The molecule has 0 spiro atoms. The number of primary amides is 1. The number of hydrogen-bond acceptors (Lipinski definition) is 2. The third kappa shape index (κ3) is 2.98. The Kier molecular flexibility index (Phi) is 3.56. The summed E-state index contributed by atoms with van der Waals surface area (Å²) in [5.74, 6) is 0.481. The van der Waals surface area contributed by atoms with Crippen LogP contribution in [-0.2, 0) is 4.79 Å². The van der Waals surface area contributed by atoms with Gasteiger partial charge in [0.25, 0.3) is 0 Å². The van der Waals surface area contributed by atoms with Crippen molar-refractivity contribution in [1.29, 1.82) is 0 Å². The van der Waals surface area contributed by atoms with Crippen LogP contribution in [0.15, 0.2) is 24.3 Å². The van der Waals surface area contributed by atoms with Crippen LogP contribution in [0.4, 0.5) is 0 Å². The highest BCUT2D eigenvalue weighted by molar-refractivity contribution is 5.81. The van der Waals surface area contributed by atoms with Crippen LogP contribution in [0.2, 0.25) is 0 Å². The Morgan fingerprint density at radius 2 is 1.74 bits per heavy atom. The van der Waals surface area contributed by atoms with Crippen LogP contribution in [0.1, 0.15) is 61.6 Å². The first kappa shape index (κ1) is 12.7. The van der Waals surface area contributed by atoms with Gasteiger partial charge in [-0.15, -0.1) is 0 Å². The topological polar surface area (TPSA) is 55.1 Å². The minimum Gasteiger partial charge on any atom is -0.368 e. The predicted molar refractivity (Wildman–Crippen MR) is 75.7 cm³/mol. The number of carbonyl (C=O) groups excluding carboxylic acids is 1. The van der Waals surface area contributed by atoms with E-state index in [4.69, 9.17) is 5.73 Å². The molecule has 1 amide bonds. The number of rotatable bonds is 5. The molecule has 3 heteroatoms. The number of amides is 1. The molecule has 102 valence electrons. The Bertz CT molecular complexity index is 444. The molecular formula is C16H22N2O. The highest BCUT2D eigenvalue weighted by Crippen LogP contribution is 2.40. The standard InChI is InChI=1S/C16H22N2O/c17-16(19)15(18-14-3-1-2-4-14)13-9-7-12(8-10-13)11-5-6-11/h7-11,14-15,18H,1-6H2,(H2,17,19). The third-order valence-electron chi connectivity index (χ3n) is 4.36. The molecule has 1 unspecified atom stereocenters. The molecule has 0 heterocycles. The molecule has 1 atom stereocenters. The molecule has 3 nitrogen and oxygen atoms in total. The van der Waals surface area contributed by atoms with E-state index in [2.05, 4.69) is 29.6 Å². The average molecular weight is 258 g/mol. The van der Waals surface area contributed by atoms with Crippen molar-refractivity contribution in [2.24, 2.45) is 5.73 Å². The predicted octanol–water partition coefficient (Wildman–Crippen LogP) is 2.62. The van der Waals surface area contributed by atoms with Gasteiger partial charge in [-0.05, 0) is 42.7 Å². The fourth-order valence-electron chi connectivity index (χ4n) is 3.05. The highest BCUT2D eigenvalue weighted by atomic mass is 16.1. The zero-order chi connectivity index (χ0) is 13.2. The van der Waals surface area contributed by atoms with Gasteiger partial charge >= 0.3 is 0 Å². The van der Waals surface area contributed by atoms with E-state index < -0.39 is 0 Å². The van der Waals surface area contributed by atoms with Crippen LogP contribution in [0.3, 0.4) is 0 Å². The van der Waals surface area contributed by atoms with Crippen molar-refractivity contribution in [2.45, 2.75) is 56.5 Å². The minimum absolute atomic E-state index is 0.272. The van der Waals surface area contributed by atoms with Crippen molar-refractivity contribution in [2.75, 3.05) is 0 Å². The van der Waals surface area contributed by atoms with Crippen molar-refractivity contribution in [3.8, 4) is 0 Å². The van der Waals surface area contributed by atoms with Crippen molar-refractivity contribution in [1.82, 2.24) is 5.32 Å². The largest absolute Gasteiger partial charge is 0.368 e. The van der Waals surface area contributed by atoms with Gasteiger partial charge in [-0.3, -0.25) is 10.1 Å². The lowest BCUT2D eigenvalue weighted by Crippen LogP contribution is -2.38. The SMILES string of the molecule is NC(=O)C(NC1CCCC1)c1ccc(C2CC2)cc1. The van der Waals surface area contributed by atoms with Crippen LogP contribution < -0.4 is 11.1 Å². The van der Waals surface area contributed by atoms with Gasteiger partial charge in [0.15, 0.2) is 0 Å². The molecule has 1 aromatic carbocycles. The number of nitrogens with one attached hydrogen (secondary N) is 1. The summed E-state index contributed by atoms with van der Waals surface area (Å²) in [7, 11) is 0. The van der Waals surface area contributed by atoms with Gasteiger partial charge < -0.3 is 5.73 Å². The van der Waals surface area contributed by atoms with E-state index in [1.165, 1.54) is 31.2 Å². The van der Waals surface area contributed by atoms with E-state index in [0.717, 1.165) is 24.3 Å². The van der Waals surface area contributed by atoms with Crippen molar-refractivity contribution < 1.29 is 4.79 Å². The molecule has 2 fully saturated rings. The lowest BCUT2D eigenvalue weighted by molar-refractivity contribution is -0.120. The van der Waals surface area contributed by atoms with Gasteiger partial charge in [0.2, 0.25) is 5.91 Å². The Labute approximate surface area is 114 Å². The number of nitrogens with two attached hydrogens (primary N) is 1. The number of hydrogen-bond donors (Lipinski definition) is 2. The van der Waals surface area contributed by atoms with E-state index >= 15 is 0 Å². The lowest BCUT2D eigenvalue weighted by Gasteiger charge is -2.20. The maximum Gasteiger partial charge on any atom is 0.239 e. The van der Waals surface area contributed by atoms with Gasteiger partial charge in [0.05, 0.1) is 0 Å². The quantitative estimate of drug-likeness (QED) is 0.853. The first-order valence-electron chi connectivity index (χ1n) is 7.39. The number of benzene rings is 1. The number of carbonyl (C=O) groups is 1. The molecule has 19 heavy (non-hydrogen) atoms. The van der Waals surface area contributed by atoms with Crippen molar-refractivity contribution in [3.05, 3.63) is 35.4 Å². The molecule has 2 aliphatic carbocycles. The van der Waals surface area contributed by atoms with E-state index in [0.29, 0.717) is 6.04 Å². The van der Waals surface area contributed by atoms with Gasteiger partial charge in [-0.1, -0.05) is 37.1 Å². The molecule has 3 N–H and O–H groups in total. The molecule has 0 aliphatic heterocycles. The fraction of sp³-hybridized carbons (Fsp3) is 0.562. The zero-order valence-electron chi connectivity index (χ0n) is 11.3. The smallest absolute Gasteiger partial charge is 0.239 e. The zero-order valence-corrected chi connectivity index (χ0v) is 11.3. The van der Waals surface area contributed by atoms with E-state index in [-0.39, 0.29) is 11.9 Å². The van der Waals surface area contributed by atoms with E-state index in [9.17, 15) is 4.79 Å². The van der Waals surface area contributed by atoms with Crippen LogP contribution in [-0.4, -0.2) is 11.9 Å². The summed E-state index contributed by atoms with van der Waals surface area (Å²) in [6.07, 6.45) is 7.43. The van der Waals surface area contributed by atoms with Gasteiger partial charge in [-0.2, -0.15) is 0 Å². The second-order valence-electron chi connectivity index (χ2n) is 5.92. The summed E-state index contributed by atoms with van der Waals surface area (Å²) in [6.45, 7) is 0. The van der Waals surface area contributed by atoms with Gasteiger partial charge in [0.1, 0.15) is 6.04 Å². The monoisotopic (exact) mass is 258 g/mol. The van der Waals surface area contributed by atoms with Crippen LogP contribution in [0, 0.1) is 0 Å². The Balaban J connectivity index is 1.72. The van der Waals surface area contributed by atoms with E-state index in [1.54, 1.807) is 0 Å². The van der Waals surface area contributed by atoms with Crippen LogP contribution >= 0.6 is 0 Å². The molecule has 2 aliphatic rings. The van der Waals surface area contributed by atoms with Crippen LogP contribution in [0.5, 0.6) is 0 Å². The third-order valence-corrected chi connectivity index (χ3v) is 4.36. The molecule has 0 radical (unpaired) electrons. The van der Waals surface area contributed by atoms with Gasteiger partial charge in [-0.25, -0.2) is 0 Å². The molecular weight excluding hydrogens is 236 g/mol. The maximum absolute atomic E-state index is 11.7. The molecule has 0 bridgehead atoms. The summed E-state index contributed by atoms with van der Waals surface area (Å²) in [4.78, 5) is 11.7. The molecule has 3 rings (SSSR count). The Hall–Kier alpha value is -1.35. The first-order valence-corrected chi connectivity index (χ1v) is 7.39. The summed E-state index contributed by atoms with van der Waals surface area (Å²) in [5, 5.41) is 3.42. The summed E-state index contributed by atoms with van der Waals surface area (Å²) in [6, 6.07) is 8.53. The minimum atomic E-state index is -0.337.